The van der Waals surface area contributed by atoms with Crippen molar-refractivity contribution in [2.45, 2.75) is 25.5 Å². The second kappa shape index (κ2) is 5.97. The van der Waals surface area contributed by atoms with Gasteiger partial charge in [-0.15, -0.1) is 0 Å². The lowest BCUT2D eigenvalue weighted by Crippen LogP contribution is -2.29. The van der Waals surface area contributed by atoms with E-state index < -0.39 is 11.5 Å². The van der Waals surface area contributed by atoms with Crippen molar-refractivity contribution in [3.05, 3.63) is 53.9 Å². The van der Waals surface area contributed by atoms with Gasteiger partial charge in [-0.3, -0.25) is 9.48 Å². The van der Waals surface area contributed by atoms with Crippen LogP contribution in [0.5, 0.6) is 0 Å². The molecule has 0 radical (unpaired) electrons. The lowest BCUT2D eigenvalue weighted by molar-refractivity contribution is 0.0764. The van der Waals surface area contributed by atoms with Gasteiger partial charge in [0.05, 0.1) is 17.9 Å². The molecule has 132 valence electrons. The molecular formula is C19H23N3O3. The Morgan fingerprint density at radius 2 is 2.12 bits per heavy atom. The van der Waals surface area contributed by atoms with Gasteiger partial charge >= 0.3 is 0 Å². The summed E-state index contributed by atoms with van der Waals surface area (Å²) >= 11 is 0. The van der Waals surface area contributed by atoms with Crippen molar-refractivity contribution in [3.8, 4) is 0 Å². The highest BCUT2D eigenvalue weighted by atomic mass is 16.3. The number of aromatic nitrogens is 2. The minimum Gasteiger partial charge on any atom is -0.396 e. The van der Waals surface area contributed by atoms with Gasteiger partial charge in [0.1, 0.15) is 0 Å². The van der Waals surface area contributed by atoms with Crippen molar-refractivity contribution in [2.24, 2.45) is 11.3 Å². The van der Waals surface area contributed by atoms with Gasteiger partial charge in [-0.1, -0.05) is 30.3 Å². The van der Waals surface area contributed by atoms with Crippen LogP contribution in [0.3, 0.4) is 0 Å². The Balaban J connectivity index is 1.57. The Kier molecular flexibility index (Phi) is 3.89. The van der Waals surface area contributed by atoms with E-state index in [9.17, 15) is 15.0 Å². The number of likely N-dealkylation sites (tertiary alicyclic amines) is 1. The molecule has 4 rings (SSSR count). The molecular weight excluding hydrogens is 318 g/mol. The van der Waals surface area contributed by atoms with Crippen LogP contribution in [0, 0.1) is 11.3 Å². The first-order valence-corrected chi connectivity index (χ1v) is 8.77. The summed E-state index contributed by atoms with van der Waals surface area (Å²) in [6.45, 7) is 3.47. The number of nitrogens with zero attached hydrogens (tertiary/aromatic N) is 3. The molecule has 25 heavy (non-hydrogen) atoms. The molecule has 2 aliphatic rings. The number of aryl methyl sites for hydroxylation is 1. The van der Waals surface area contributed by atoms with Crippen molar-refractivity contribution in [1.82, 2.24) is 14.7 Å². The summed E-state index contributed by atoms with van der Waals surface area (Å²) in [6.07, 6.45) is 2.69. The van der Waals surface area contributed by atoms with E-state index in [0.29, 0.717) is 25.2 Å². The molecule has 1 spiro atoms. The Morgan fingerprint density at radius 3 is 2.76 bits per heavy atom. The molecule has 1 aromatic carbocycles. The molecule has 1 aliphatic heterocycles. The zero-order chi connectivity index (χ0) is 17.6. The number of benzene rings is 1. The highest BCUT2D eigenvalue weighted by Gasteiger charge is 2.71. The number of carbonyl (C=O) groups is 1. The molecule has 2 aromatic rings. The first kappa shape index (κ1) is 16.3. The van der Waals surface area contributed by atoms with E-state index in [1.165, 1.54) is 0 Å². The second-order valence-electron chi connectivity index (χ2n) is 7.08. The lowest BCUT2D eigenvalue weighted by atomic mass is 9.95. The van der Waals surface area contributed by atoms with Crippen LogP contribution in [0.25, 0.3) is 0 Å². The number of hydrogen-bond acceptors (Lipinski definition) is 4. The summed E-state index contributed by atoms with van der Waals surface area (Å²) in [5.41, 5.74) is 1.23. The summed E-state index contributed by atoms with van der Waals surface area (Å²) in [4.78, 5) is 14.5. The fraction of sp³-hybridized carbons (Fsp3) is 0.474. The smallest absolute Gasteiger partial charge is 0.257 e. The number of hydrogen-bond donors (Lipinski definition) is 2. The highest BCUT2D eigenvalue weighted by Crippen LogP contribution is 2.68. The third kappa shape index (κ3) is 2.40. The van der Waals surface area contributed by atoms with Gasteiger partial charge < -0.3 is 15.1 Å². The van der Waals surface area contributed by atoms with Gasteiger partial charge in [0, 0.05) is 37.9 Å². The molecule has 2 fully saturated rings. The Hall–Kier alpha value is -2.18. The Bertz CT molecular complexity index is 775. The SMILES string of the molecule is CCn1cc(C(=O)N2C[C@H](O)[C@@]3(C2)[C@H](CO)[C@H]3c2ccccc2)cn1. The minimum absolute atomic E-state index is 0.0129. The summed E-state index contributed by atoms with van der Waals surface area (Å²) in [5, 5.41) is 24.7. The molecule has 2 heterocycles. The number of aliphatic hydroxyl groups excluding tert-OH is 2. The fourth-order valence-electron chi connectivity index (χ4n) is 4.55. The van der Waals surface area contributed by atoms with E-state index in [1.54, 1.807) is 22.0 Å². The van der Waals surface area contributed by atoms with Crippen LogP contribution in [0.4, 0.5) is 0 Å². The zero-order valence-corrected chi connectivity index (χ0v) is 14.2. The minimum atomic E-state index is -0.625. The molecule has 1 aromatic heterocycles. The van der Waals surface area contributed by atoms with Gasteiger partial charge in [0.15, 0.2) is 0 Å². The molecule has 6 heteroatoms. The largest absolute Gasteiger partial charge is 0.396 e. The summed E-state index contributed by atoms with van der Waals surface area (Å²) in [7, 11) is 0. The van der Waals surface area contributed by atoms with Crippen LogP contribution in [0.2, 0.25) is 0 Å². The molecule has 1 saturated carbocycles. The average molecular weight is 341 g/mol. The molecule has 2 N–H and O–H groups in total. The molecule has 4 atom stereocenters. The number of rotatable bonds is 4. The van der Waals surface area contributed by atoms with E-state index in [-0.39, 0.29) is 24.3 Å². The number of aliphatic hydroxyl groups is 2. The first-order chi connectivity index (χ1) is 12.1. The van der Waals surface area contributed by atoms with E-state index >= 15 is 0 Å². The van der Waals surface area contributed by atoms with E-state index in [0.717, 1.165) is 5.56 Å². The monoisotopic (exact) mass is 341 g/mol. The van der Waals surface area contributed by atoms with Gasteiger partial charge in [-0.25, -0.2) is 0 Å². The van der Waals surface area contributed by atoms with Crippen molar-refractivity contribution >= 4 is 5.91 Å². The maximum absolute atomic E-state index is 12.8. The fourth-order valence-corrected chi connectivity index (χ4v) is 4.55. The van der Waals surface area contributed by atoms with Gasteiger partial charge in [-0.05, 0) is 24.3 Å². The second-order valence-corrected chi connectivity index (χ2v) is 7.08. The number of carbonyl (C=O) groups excluding carboxylic acids is 1. The van der Waals surface area contributed by atoms with Crippen LogP contribution in [0.1, 0.15) is 28.8 Å². The van der Waals surface area contributed by atoms with E-state index in [2.05, 4.69) is 5.10 Å². The molecule has 1 amide bonds. The molecule has 0 unspecified atom stereocenters. The highest BCUT2D eigenvalue weighted by molar-refractivity contribution is 5.94. The standard InChI is InChI=1S/C19H23N3O3/c1-2-22-9-14(8-20-22)18(25)21-10-16(24)19(12-21)15(11-23)17(19)13-6-4-3-5-7-13/h3-9,15-17,23-24H,2,10-12H2,1H3/t15-,16+,17-,19-/m1/s1. The van der Waals surface area contributed by atoms with Crippen LogP contribution in [-0.4, -0.2) is 56.6 Å². The molecule has 0 bridgehead atoms. The summed E-state index contributed by atoms with van der Waals surface area (Å²) in [6, 6.07) is 9.96. The van der Waals surface area contributed by atoms with Crippen molar-refractivity contribution in [1.29, 1.82) is 0 Å². The van der Waals surface area contributed by atoms with Crippen LogP contribution >= 0.6 is 0 Å². The lowest BCUT2D eigenvalue weighted by Gasteiger charge is -2.16. The van der Waals surface area contributed by atoms with Crippen LogP contribution < -0.4 is 0 Å². The molecule has 1 saturated heterocycles. The van der Waals surface area contributed by atoms with Gasteiger partial charge in [0.25, 0.3) is 5.91 Å². The van der Waals surface area contributed by atoms with Gasteiger partial charge in [-0.2, -0.15) is 5.10 Å². The zero-order valence-electron chi connectivity index (χ0n) is 14.2. The van der Waals surface area contributed by atoms with Crippen molar-refractivity contribution in [2.75, 3.05) is 19.7 Å². The maximum atomic E-state index is 12.8. The van der Waals surface area contributed by atoms with Crippen LogP contribution in [0.15, 0.2) is 42.7 Å². The third-order valence-electron chi connectivity index (χ3n) is 5.89. The maximum Gasteiger partial charge on any atom is 0.257 e. The van der Waals surface area contributed by atoms with Crippen LogP contribution in [-0.2, 0) is 6.54 Å². The average Bonchev–Trinajstić information content (AvgIpc) is 2.92. The van der Waals surface area contributed by atoms with E-state index in [4.69, 9.17) is 0 Å². The molecule has 1 aliphatic carbocycles. The van der Waals surface area contributed by atoms with Crippen molar-refractivity contribution < 1.29 is 15.0 Å². The Morgan fingerprint density at radius 1 is 1.36 bits per heavy atom. The third-order valence-corrected chi connectivity index (χ3v) is 5.89. The normalized spacial score (nSPS) is 30.8. The summed E-state index contributed by atoms with van der Waals surface area (Å²) in [5.74, 6) is -0.0306. The number of amides is 1. The quantitative estimate of drug-likeness (QED) is 0.873. The predicted molar refractivity (Wildman–Crippen MR) is 92.0 cm³/mol. The number of β-amino-alcohol motifs (C(OH)–C–C–N with tert-alkyl or cyclic N) is 1. The van der Waals surface area contributed by atoms with Gasteiger partial charge in [0.2, 0.25) is 0 Å². The van der Waals surface area contributed by atoms with Crippen molar-refractivity contribution in [3.63, 3.8) is 0 Å². The molecule has 6 nitrogen and oxygen atoms in total. The summed E-state index contributed by atoms with van der Waals surface area (Å²) < 4.78 is 1.72. The Labute approximate surface area is 146 Å². The topological polar surface area (TPSA) is 78.6 Å². The first-order valence-electron chi connectivity index (χ1n) is 8.77. The predicted octanol–water partition coefficient (Wildman–Crippen LogP) is 1.11. The van der Waals surface area contributed by atoms with E-state index in [1.807, 2.05) is 37.3 Å².